The van der Waals surface area contributed by atoms with E-state index in [4.69, 9.17) is 0 Å². The summed E-state index contributed by atoms with van der Waals surface area (Å²) in [6, 6.07) is 2.69. The van der Waals surface area contributed by atoms with Gasteiger partial charge in [-0.3, -0.25) is 4.98 Å². The molecule has 1 N–H and O–H groups in total. The van der Waals surface area contributed by atoms with Gasteiger partial charge in [0.2, 0.25) is 0 Å². The van der Waals surface area contributed by atoms with Crippen LogP contribution >= 0.6 is 0 Å². The van der Waals surface area contributed by atoms with Gasteiger partial charge >= 0.3 is 0 Å². The number of pyridine rings is 1. The van der Waals surface area contributed by atoms with E-state index in [0.29, 0.717) is 6.04 Å². The van der Waals surface area contributed by atoms with Crippen molar-refractivity contribution in [3.8, 4) is 0 Å². The maximum Gasteiger partial charge on any atom is 0.0605 e. The second-order valence-corrected chi connectivity index (χ2v) is 4.67. The maximum atomic E-state index is 4.59. The molecule has 0 radical (unpaired) electrons. The Labute approximate surface area is 92.1 Å². The van der Waals surface area contributed by atoms with Gasteiger partial charge in [-0.15, -0.1) is 0 Å². The molecule has 0 aromatic carbocycles. The third kappa shape index (κ3) is 2.05. The summed E-state index contributed by atoms with van der Waals surface area (Å²) in [6.07, 6.45) is 6.06. The van der Waals surface area contributed by atoms with E-state index in [-0.39, 0.29) is 0 Å². The van der Waals surface area contributed by atoms with Gasteiger partial charge in [-0.1, -0.05) is 12.5 Å². The zero-order chi connectivity index (χ0) is 10.8. The van der Waals surface area contributed by atoms with E-state index >= 15 is 0 Å². The van der Waals surface area contributed by atoms with E-state index < -0.39 is 0 Å². The van der Waals surface area contributed by atoms with Crippen LogP contribution in [0, 0.1) is 19.8 Å². The predicted molar refractivity (Wildman–Crippen MR) is 62.9 cm³/mol. The highest BCUT2D eigenvalue weighted by Crippen LogP contribution is 2.37. The maximum absolute atomic E-state index is 4.59. The number of aryl methyl sites for hydroxylation is 2. The number of hydrogen-bond donors (Lipinski definition) is 1. The molecule has 1 aromatic rings. The van der Waals surface area contributed by atoms with E-state index in [0.717, 1.165) is 5.92 Å². The van der Waals surface area contributed by atoms with Crippen molar-refractivity contribution < 1.29 is 0 Å². The van der Waals surface area contributed by atoms with Crippen LogP contribution < -0.4 is 5.32 Å². The van der Waals surface area contributed by atoms with E-state index in [1.54, 1.807) is 0 Å². The van der Waals surface area contributed by atoms with Gasteiger partial charge in [0.05, 0.1) is 11.7 Å². The molecule has 2 heteroatoms. The molecule has 0 spiro atoms. The summed E-state index contributed by atoms with van der Waals surface area (Å²) in [7, 11) is 2.05. The van der Waals surface area contributed by atoms with E-state index in [1.165, 1.54) is 36.1 Å². The average molecular weight is 204 g/mol. The molecule has 15 heavy (non-hydrogen) atoms. The topological polar surface area (TPSA) is 24.9 Å². The lowest BCUT2D eigenvalue weighted by molar-refractivity contribution is 0.235. The number of nitrogens with one attached hydrogen (secondary N) is 1. The third-order valence-electron chi connectivity index (χ3n) is 3.48. The summed E-state index contributed by atoms with van der Waals surface area (Å²) < 4.78 is 0. The van der Waals surface area contributed by atoms with Crippen molar-refractivity contribution in [1.82, 2.24) is 10.3 Å². The van der Waals surface area contributed by atoms with Gasteiger partial charge in [0.25, 0.3) is 0 Å². The summed E-state index contributed by atoms with van der Waals surface area (Å²) in [5, 5.41) is 3.42. The number of hydrogen-bond acceptors (Lipinski definition) is 2. The first kappa shape index (κ1) is 10.6. The Morgan fingerprint density at radius 3 is 2.60 bits per heavy atom. The van der Waals surface area contributed by atoms with Crippen molar-refractivity contribution in [3.05, 3.63) is 29.1 Å². The third-order valence-corrected chi connectivity index (χ3v) is 3.48. The number of nitrogens with zero attached hydrogens (tertiary/aromatic N) is 1. The zero-order valence-corrected chi connectivity index (χ0v) is 9.88. The van der Waals surface area contributed by atoms with Crippen molar-refractivity contribution in [2.75, 3.05) is 7.05 Å². The van der Waals surface area contributed by atoms with Crippen molar-refractivity contribution in [2.45, 2.75) is 39.2 Å². The quantitative estimate of drug-likeness (QED) is 0.819. The molecule has 0 aliphatic heterocycles. The van der Waals surface area contributed by atoms with Crippen LogP contribution in [0.3, 0.4) is 0 Å². The largest absolute Gasteiger partial charge is 0.311 e. The molecule has 1 aliphatic rings. The fourth-order valence-electron chi connectivity index (χ4n) is 2.42. The molecule has 1 heterocycles. The number of aromatic nitrogens is 1. The van der Waals surface area contributed by atoms with Gasteiger partial charge in [-0.25, -0.2) is 0 Å². The van der Waals surface area contributed by atoms with Gasteiger partial charge < -0.3 is 5.32 Å². The minimum atomic E-state index is 0.458. The summed E-state index contributed by atoms with van der Waals surface area (Å²) >= 11 is 0. The second-order valence-electron chi connectivity index (χ2n) is 4.67. The van der Waals surface area contributed by atoms with Gasteiger partial charge in [-0.05, 0) is 50.8 Å². The van der Waals surface area contributed by atoms with E-state index in [2.05, 4.69) is 30.2 Å². The number of rotatable bonds is 3. The van der Waals surface area contributed by atoms with Gasteiger partial charge in [0.15, 0.2) is 0 Å². The van der Waals surface area contributed by atoms with Crippen molar-refractivity contribution >= 4 is 0 Å². The molecule has 1 unspecified atom stereocenters. The van der Waals surface area contributed by atoms with Crippen LogP contribution in [0.15, 0.2) is 12.3 Å². The molecule has 0 saturated heterocycles. The summed E-state index contributed by atoms with van der Waals surface area (Å²) in [6.45, 7) is 4.26. The molecular weight excluding hydrogens is 184 g/mol. The Bertz CT molecular complexity index is 342. The Morgan fingerprint density at radius 2 is 2.13 bits per heavy atom. The highest BCUT2D eigenvalue weighted by atomic mass is 14.9. The lowest BCUT2D eigenvalue weighted by Gasteiger charge is -2.33. The predicted octanol–water partition coefficient (Wildman–Crippen LogP) is 2.76. The summed E-state index contributed by atoms with van der Waals surface area (Å²) in [5.41, 5.74) is 3.81. The summed E-state index contributed by atoms with van der Waals surface area (Å²) in [4.78, 5) is 4.59. The first-order valence-electron chi connectivity index (χ1n) is 5.83. The molecular formula is C13H20N2. The first-order valence-corrected chi connectivity index (χ1v) is 5.83. The zero-order valence-electron chi connectivity index (χ0n) is 9.88. The Hall–Kier alpha value is -0.890. The Balaban J connectivity index is 2.25. The molecule has 2 rings (SSSR count). The first-order chi connectivity index (χ1) is 7.22. The van der Waals surface area contributed by atoms with Crippen LogP contribution in [0.25, 0.3) is 0 Å². The SMILES string of the molecule is CNC(c1ncc(C)cc1C)C1CCC1. The highest BCUT2D eigenvalue weighted by Gasteiger charge is 2.28. The molecule has 1 saturated carbocycles. The van der Waals surface area contributed by atoms with Gasteiger partial charge in [-0.2, -0.15) is 0 Å². The molecule has 1 atom stereocenters. The van der Waals surface area contributed by atoms with Crippen LogP contribution in [0.1, 0.15) is 42.1 Å². The minimum absolute atomic E-state index is 0.458. The monoisotopic (exact) mass is 204 g/mol. The molecule has 1 aromatic heterocycles. The van der Waals surface area contributed by atoms with Gasteiger partial charge in [0, 0.05) is 6.20 Å². The van der Waals surface area contributed by atoms with Crippen molar-refractivity contribution in [2.24, 2.45) is 5.92 Å². The average Bonchev–Trinajstić information content (AvgIpc) is 2.12. The van der Waals surface area contributed by atoms with Crippen LogP contribution in [0.5, 0.6) is 0 Å². The van der Waals surface area contributed by atoms with Crippen LogP contribution in [-0.4, -0.2) is 12.0 Å². The van der Waals surface area contributed by atoms with Crippen LogP contribution in [-0.2, 0) is 0 Å². The molecule has 1 aliphatic carbocycles. The van der Waals surface area contributed by atoms with Crippen molar-refractivity contribution in [3.63, 3.8) is 0 Å². The fraction of sp³-hybridized carbons (Fsp3) is 0.615. The minimum Gasteiger partial charge on any atom is -0.311 e. The fourth-order valence-corrected chi connectivity index (χ4v) is 2.42. The van der Waals surface area contributed by atoms with E-state index in [9.17, 15) is 0 Å². The lowest BCUT2D eigenvalue weighted by Crippen LogP contribution is -2.31. The Kier molecular flexibility index (Phi) is 3.06. The molecule has 2 nitrogen and oxygen atoms in total. The highest BCUT2D eigenvalue weighted by molar-refractivity contribution is 5.26. The summed E-state index contributed by atoms with van der Waals surface area (Å²) in [5.74, 6) is 0.795. The molecule has 1 fully saturated rings. The Morgan fingerprint density at radius 1 is 1.40 bits per heavy atom. The molecule has 82 valence electrons. The van der Waals surface area contributed by atoms with Crippen LogP contribution in [0.2, 0.25) is 0 Å². The lowest BCUT2D eigenvalue weighted by atomic mass is 9.78. The van der Waals surface area contributed by atoms with Crippen molar-refractivity contribution in [1.29, 1.82) is 0 Å². The molecule has 0 amide bonds. The van der Waals surface area contributed by atoms with E-state index in [1.807, 2.05) is 13.2 Å². The second kappa shape index (κ2) is 4.31. The smallest absolute Gasteiger partial charge is 0.0605 e. The normalized spacial score (nSPS) is 18.6. The molecule has 0 bridgehead atoms. The van der Waals surface area contributed by atoms with Gasteiger partial charge in [0.1, 0.15) is 0 Å². The standard InChI is InChI=1S/C13H20N2/c1-9-7-10(2)12(15-8-9)13(14-3)11-5-4-6-11/h7-8,11,13-14H,4-6H2,1-3H3. The van der Waals surface area contributed by atoms with Crippen LogP contribution in [0.4, 0.5) is 0 Å².